The molecule has 8 nitrogen and oxygen atoms in total. The van der Waals surface area contributed by atoms with Crippen LogP contribution in [0.4, 0.5) is 16.2 Å². The highest BCUT2D eigenvalue weighted by molar-refractivity contribution is 5.99. The van der Waals surface area contributed by atoms with Crippen LogP contribution in [0.25, 0.3) is 0 Å². The molecule has 1 aromatic heterocycles. The van der Waals surface area contributed by atoms with Crippen LogP contribution in [-0.4, -0.2) is 22.6 Å². The summed E-state index contributed by atoms with van der Waals surface area (Å²) in [6, 6.07) is 17.5. The Bertz CT molecular complexity index is 1170. The molecule has 1 aliphatic heterocycles. The third-order valence-electron chi connectivity index (χ3n) is 4.90. The Hall–Kier alpha value is -4.07. The summed E-state index contributed by atoms with van der Waals surface area (Å²) in [5, 5.41) is 8.29. The van der Waals surface area contributed by atoms with Crippen LogP contribution in [0.15, 0.2) is 71.7 Å². The van der Waals surface area contributed by atoms with Gasteiger partial charge in [-0.1, -0.05) is 30.3 Å². The van der Waals surface area contributed by atoms with Crippen molar-refractivity contribution < 1.29 is 14.3 Å². The lowest BCUT2D eigenvalue weighted by molar-refractivity contribution is -0.122. The third kappa shape index (κ3) is 4.92. The normalized spacial score (nSPS) is 14.7. The average molecular weight is 418 g/mol. The minimum Gasteiger partial charge on any atom is -0.479 e. The SMILES string of the molecule is CC1Oc2ccc(NC(=O)NCc3ccc(Cn4ccccc4=O)cc3)cc2NC1=O. The van der Waals surface area contributed by atoms with Crippen molar-refractivity contribution in [1.82, 2.24) is 9.88 Å². The second-order valence-corrected chi connectivity index (χ2v) is 7.25. The van der Waals surface area contributed by atoms with Gasteiger partial charge in [0.25, 0.3) is 11.5 Å². The highest BCUT2D eigenvalue weighted by Gasteiger charge is 2.23. The Balaban J connectivity index is 1.31. The number of nitrogens with zero attached hydrogens (tertiary/aromatic N) is 1. The monoisotopic (exact) mass is 418 g/mol. The van der Waals surface area contributed by atoms with Crippen molar-refractivity contribution in [3.8, 4) is 5.75 Å². The fourth-order valence-corrected chi connectivity index (χ4v) is 3.19. The van der Waals surface area contributed by atoms with Crippen molar-refractivity contribution in [3.63, 3.8) is 0 Å². The van der Waals surface area contributed by atoms with Gasteiger partial charge in [0.1, 0.15) is 5.75 Å². The number of aromatic nitrogens is 1. The van der Waals surface area contributed by atoms with Crippen molar-refractivity contribution in [2.24, 2.45) is 0 Å². The molecule has 3 amide bonds. The Morgan fingerprint density at radius 3 is 2.61 bits per heavy atom. The van der Waals surface area contributed by atoms with E-state index in [1.807, 2.05) is 30.3 Å². The zero-order chi connectivity index (χ0) is 21.8. The van der Waals surface area contributed by atoms with Gasteiger partial charge in [-0.3, -0.25) is 9.59 Å². The summed E-state index contributed by atoms with van der Waals surface area (Å²) in [5.74, 6) is 0.339. The number of anilines is 2. The van der Waals surface area contributed by atoms with Gasteiger partial charge < -0.3 is 25.3 Å². The van der Waals surface area contributed by atoms with Gasteiger partial charge in [-0.2, -0.15) is 0 Å². The van der Waals surface area contributed by atoms with Crippen LogP contribution in [0.2, 0.25) is 0 Å². The van der Waals surface area contributed by atoms with Crippen LogP contribution in [0.3, 0.4) is 0 Å². The molecule has 8 heteroatoms. The Kier molecular flexibility index (Phi) is 5.70. The van der Waals surface area contributed by atoms with Gasteiger partial charge in [-0.15, -0.1) is 0 Å². The minimum atomic E-state index is -0.547. The van der Waals surface area contributed by atoms with Gasteiger partial charge >= 0.3 is 6.03 Å². The molecular weight excluding hydrogens is 396 g/mol. The molecule has 158 valence electrons. The number of carbonyl (C=O) groups is 2. The number of rotatable bonds is 5. The van der Waals surface area contributed by atoms with E-state index in [2.05, 4.69) is 16.0 Å². The van der Waals surface area contributed by atoms with Crippen molar-refractivity contribution in [3.05, 3.63) is 88.3 Å². The number of amides is 3. The Morgan fingerprint density at radius 1 is 1.06 bits per heavy atom. The second kappa shape index (κ2) is 8.74. The van der Waals surface area contributed by atoms with Crippen LogP contribution in [0.1, 0.15) is 18.1 Å². The molecule has 0 radical (unpaired) electrons. The number of pyridine rings is 1. The first kappa shape index (κ1) is 20.2. The van der Waals surface area contributed by atoms with Crippen LogP contribution < -0.4 is 26.2 Å². The molecule has 0 fully saturated rings. The first-order valence-electron chi connectivity index (χ1n) is 9.87. The number of ether oxygens (including phenoxy) is 1. The maximum atomic E-state index is 12.2. The number of nitrogens with one attached hydrogen (secondary N) is 3. The van der Waals surface area contributed by atoms with E-state index in [1.165, 1.54) is 6.07 Å². The molecule has 0 saturated heterocycles. The van der Waals surface area contributed by atoms with E-state index in [9.17, 15) is 14.4 Å². The van der Waals surface area contributed by atoms with Gasteiger partial charge in [-0.05, 0) is 42.3 Å². The standard InChI is InChI=1S/C23H22N4O4/c1-15-22(29)26-19-12-18(9-10-20(19)31-15)25-23(30)24-13-16-5-7-17(8-6-16)14-27-11-3-2-4-21(27)28/h2-12,15H,13-14H2,1H3,(H,26,29)(H2,24,25,30). The van der Waals surface area contributed by atoms with Crippen LogP contribution in [0, 0.1) is 0 Å². The molecule has 3 N–H and O–H groups in total. The number of fused-ring (bicyclic) bond motifs is 1. The van der Waals surface area contributed by atoms with Gasteiger partial charge in [0, 0.05) is 24.5 Å². The highest BCUT2D eigenvalue weighted by Crippen LogP contribution is 2.32. The second-order valence-electron chi connectivity index (χ2n) is 7.25. The zero-order valence-electron chi connectivity index (χ0n) is 16.9. The van der Waals surface area contributed by atoms with Gasteiger partial charge in [0.2, 0.25) is 0 Å². The smallest absolute Gasteiger partial charge is 0.319 e. The number of hydrogen-bond acceptors (Lipinski definition) is 4. The van der Waals surface area contributed by atoms with E-state index in [1.54, 1.807) is 42.0 Å². The average Bonchev–Trinajstić information content (AvgIpc) is 2.76. The predicted molar refractivity (Wildman–Crippen MR) is 117 cm³/mol. The molecule has 1 aliphatic rings. The minimum absolute atomic E-state index is 0.0484. The Morgan fingerprint density at radius 2 is 1.84 bits per heavy atom. The van der Waals surface area contributed by atoms with E-state index >= 15 is 0 Å². The number of urea groups is 1. The van der Waals surface area contributed by atoms with Crippen molar-refractivity contribution in [2.75, 3.05) is 10.6 Å². The molecule has 1 atom stereocenters. The molecule has 1 unspecified atom stereocenters. The van der Waals surface area contributed by atoms with Crippen molar-refractivity contribution >= 4 is 23.3 Å². The summed E-state index contributed by atoms with van der Waals surface area (Å²) >= 11 is 0. The topological polar surface area (TPSA) is 101 Å². The Labute approximate surface area is 178 Å². The number of carbonyl (C=O) groups excluding carboxylic acids is 2. The summed E-state index contributed by atoms with van der Waals surface area (Å²) in [6.07, 6.45) is 1.20. The number of benzene rings is 2. The van der Waals surface area contributed by atoms with Gasteiger partial charge in [0.05, 0.1) is 12.2 Å². The molecule has 4 rings (SSSR count). The largest absolute Gasteiger partial charge is 0.479 e. The quantitative estimate of drug-likeness (QED) is 0.593. The summed E-state index contributed by atoms with van der Waals surface area (Å²) in [7, 11) is 0. The lowest BCUT2D eigenvalue weighted by Gasteiger charge is -2.23. The van der Waals surface area contributed by atoms with Gasteiger partial charge in [-0.25, -0.2) is 4.79 Å². The molecule has 3 aromatic rings. The first-order valence-corrected chi connectivity index (χ1v) is 9.87. The molecular formula is C23H22N4O4. The molecule has 2 heterocycles. The van der Waals surface area contributed by atoms with E-state index < -0.39 is 6.10 Å². The maximum absolute atomic E-state index is 12.2. The van der Waals surface area contributed by atoms with Crippen LogP contribution >= 0.6 is 0 Å². The third-order valence-corrected chi connectivity index (χ3v) is 4.90. The van der Waals surface area contributed by atoms with Crippen molar-refractivity contribution in [2.45, 2.75) is 26.1 Å². The summed E-state index contributed by atoms with van der Waals surface area (Å²) < 4.78 is 7.14. The van der Waals surface area contributed by atoms with Gasteiger partial charge in [0.15, 0.2) is 6.10 Å². The first-order chi connectivity index (χ1) is 15.0. The molecule has 0 aliphatic carbocycles. The van der Waals surface area contributed by atoms with E-state index in [0.717, 1.165) is 11.1 Å². The summed E-state index contributed by atoms with van der Waals surface area (Å²) in [6.45, 7) is 2.51. The molecule has 31 heavy (non-hydrogen) atoms. The van der Waals surface area contributed by atoms with Crippen molar-refractivity contribution in [1.29, 1.82) is 0 Å². The lowest BCUT2D eigenvalue weighted by atomic mass is 10.1. The van der Waals surface area contributed by atoms with E-state index in [4.69, 9.17) is 4.74 Å². The van der Waals surface area contributed by atoms with E-state index in [0.29, 0.717) is 30.2 Å². The summed E-state index contributed by atoms with van der Waals surface area (Å²) in [4.78, 5) is 35.8. The fraction of sp³-hybridized carbons (Fsp3) is 0.174. The molecule has 0 bridgehead atoms. The molecule has 0 spiro atoms. The van der Waals surface area contributed by atoms with E-state index in [-0.39, 0.29) is 17.5 Å². The maximum Gasteiger partial charge on any atom is 0.319 e. The molecule has 0 saturated carbocycles. The zero-order valence-corrected chi connectivity index (χ0v) is 16.9. The molecule has 2 aromatic carbocycles. The fourth-order valence-electron chi connectivity index (χ4n) is 3.19. The highest BCUT2D eigenvalue weighted by atomic mass is 16.5. The lowest BCUT2D eigenvalue weighted by Crippen LogP contribution is -2.34. The summed E-state index contributed by atoms with van der Waals surface area (Å²) in [5.41, 5.74) is 2.94. The van der Waals surface area contributed by atoms with Crippen LogP contribution in [-0.2, 0) is 17.9 Å². The predicted octanol–water partition coefficient (Wildman–Crippen LogP) is 2.94. The number of hydrogen-bond donors (Lipinski definition) is 3. The van der Waals surface area contributed by atoms with Crippen LogP contribution in [0.5, 0.6) is 5.75 Å².